The molecule has 0 aromatic carbocycles. The molecule has 0 radical (unpaired) electrons. The molecule has 8 aliphatic carbocycles. The summed E-state index contributed by atoms with van der Waals surface area (Å²) in [6.45, 7) is 27.2. The summed E-state index contributed by atoms with van der Waals surface area (Å²) in [4.78, 5) is 0. The normalized spacial score (nSPS) is 45.2. The largest absolute Gasteiger partial charge is 0.393 e. The molecule has 0 bridgehead atoms. The molecule has 0 aromatic heterocycles. The molecule has 6 saturated carbocycles. The average Bonchev–Trinajstić information content (AvgIpc) is 3.71. The fourth-order valence-corrected chi connectivity index (χ4v) is 16.3. The van der Waals surface area contributed by atoms with Gasteiger partial charge in [-0.05, 0) is 189 Å². The van der Waals surface area contributed by atoms with E-state index in [1.54, 1.807) is 11.1 Å². The van der Waals surface area contributed by atoms with Crippen molar-refractivity contribution in [1.82, 2.24) is 0 Å². The number of aliphatic hydroxyl groups excluding tert-OH is 2. The minimum Gasteiger partial charge on any atom is -0.393 e. The van der Waals surface area contributed by atoms with E-state index < -0.39 is 0 Å². The predicted molar refractivity (Wildman–Crippen MR) is 243 cm³/mol. The highest BCUT2D eigenvalue weighted by Crippen LogP contribution is 2.68. The first-order chi connectivity index (χ1) is 26.9. The third kappa shape index (κ3) is 8.07. The van der Waals surface area contributed by atoms with Crippen LogP contribution in [0, 0.1) is 92.7 Å². The van der Waals surface area contributed by atoms with E-state index in [9.17, 15) is 10.2 Å². The molecule has 2 heteroatoms. The molecule has 6 fully saturated rings. The Bertz CT molecular complexity index is 1530. The lowest BCUT2D eigenvalue weighted by molar-refractivity contribution is -0.0573. The molecule has 2 N–H and O–H groups in total. The van der Waals surface area contributed by atoms with Crippen molar-refractivity contribution in [1.29, 1.82) is 0 Å². The zero-order valence-electron chi connectivity index (χ0n) is 39.1. The van der Waals surface area contributed by atoms with Crippen LogP contribution < -0.4 is 0 Å². The fraction of sp³-hybridized carbons (Fsp3) is 0.855. The quantitative estimate of drug-likeness (QED) is 0.229. The highest BCUT2D eigenvalue weighted by atomic mass is 16.3. The predicted octanol–water partition coefficient (Wildman–Crippen LogP) is 14.7. The molecular formula is C55H90O2. The lowest BCUT2D eigenvalue weighted by Crippen LogP contribution is -2.50. The summed E-state index contributed by atoms with van der Waals surface area (Å²) in [6, 6.07) is 0. The fourth-order valence-electron chi connectivity index (χ4n) is 16.3. The van der Waals surface area contributed by atoms with Gasteiger partial charge in [-0.25, -0.2) is 0 Å². The van der Waals surface area contributed by atoms with E-state index in [0.717, 1.165) is 84.9 Å². The molecule has 16 atom stereocenters. The lowest BCUT2D eigenvalue weighted by atomic mass is 9.47. The highest BCUT2D eigenvalue weighted by molar-refractivity contribution is 5.39. The van der Waals surface area contributed by atoms with Crippen LogP contribution in [0.5, 0.6) is 0 Å². The van der Waals surface area contributed by atoms with Crippen LogP contribution in [0.2, 0.25) is 0 Å². The standard InChI is InChI=1S/C28H44O.C27H46O/c1-18(2)19(3)7-8-20(4)24-11-12-25-23-10-9-21-17-22(29)13-15-27(21,5)26(23)14-16-28(24,25)6;1-18(2)7-6-8-19(3)23-11-12-24-22-10-9-20-17-21(28)13-15-26(20,4)25(22)14-16-27(23,24)5/h7-10,18-20,22,24-26,29H,11-17H2,1-6H3;9,18-19,21-25,28H,6-8,10-17H2,1-5H3/b8-7+;/t19-,20+,22-,24+,25-,26-,27-,28+;19-,21+,22+,23-,24+,25+,26+,27-/m01/s1. The molecule has 0 aromatic rings. The van der Waals surface area contributed by atoms with Gasteiger partial charge < -0.3 is 10.2 Å². The Morgan fingerprint density at radius 1 is 0.632 bits per heavy atom. The summed E-state index contributed by atoms with van der Waals surface area (Å²) in [5.74, 6) is 9.84. The van der Waals surface area contributed by atoms with Crippen molar-refractivity contribution in [2.75, 3.05) is 0 Å². The van der Waals surface area contributed by atoms with Crippen LogP contribution in [0.25, 0.3) is 0 Å². The first-order valence-electron chi connectivity index (χ1n) is 25.1. The van der Waals surface area contributed by atoms with Gasteiger partial charge in [-0.1, -0.05) is 143 Å². The Morgan fingerprint density at radius 3 is 2.00 bits per heavy atom. The second-order valence-electron chi connectivity index (χ2n) is 24.0. The van der Waals surface area contributed by atoms with Gasteiger partial charge in [0, 0.05) is 0 Å². The maximum atomic E-state index is 10.2. The van der Waals surface area contributed by atoms with Crippen molar-refractivity contribution < 1.29 is 10.2 Å². The van der Waals surface area contributed by atoms with Crippen LogP contribution in [0.4, 0.5) is 0 Å². The van der Waals surface area contributed by atoms with Crippen molar-refractivity contribution >= 4 is 0 Å². The molecule has 8 rings (SSSR count). The molecule has 322 valence electrons. The van der Waals surface area contributed by atoms with E-state index in [0.29, 0.717) is 33.5 Å². The summed E-state index contributed by atoms with van der Waals surface area (Å²) in [7, 11) is 0. The van der Waals surface area contributed by atoms with Crippen molar-refractivity contribution in [3.8, 4) is 0 Å². The monoisotopic (exact) mass is 783 g/mol. The molecule has 57 heavy (non-hydrogen) atoms. The lowest BCUT2D eigenvalue weighted by Gasteiger charge is -2.58. The zero-order chi connectivity index (χ0) is 41.1. The second kappa shape index (κ2) is 17.0. The summed E-state index contributed by atoms with van der Waals surface area (Å²) in [5, 5.41) is 20.4. The van der Waals surface area contributed by atoms with E-state index in [1.807, 2.05) is 0 Å². The SMILES string of the molecule is CC(C)CCC[C@@H](C)[C@H]1CC[C@H]2[C@@H]3CC=C4C[C@@H](O)CC[C@]4(C)[C@H]3CC[C@]12C.CC(C)[C@@H](C)/C=C/[C@@H](C)[C@H]1CC[C@H]2C3=CC=C4C[C@@H](O)CC[C@]4(C)[C@H]3CC[C@]12C. The highest BCUT2D eigenvalue weighted by Gasteiger charge is 2.60. The van der Waals surface area contributed by atoms with Gasteiger partial charge in [0.2, 0.25) is 0 Å². The summed E-state index contributed by atoms with van der Waals surface area (Å²) >= 11 is 0. The topological polar surface area (TPSA) is 40.5 Å². The molecule has 0 saturated heterocycles. The van der Waals surface area contributed by atoms with Gasteiger partial charge in [0.25, 0.3) is 0 Å². The second-order valence-corrected chi connectivity index (χ2v) is 24.0. The molecule has 0 amide bonds. The van der Waals surface area contributed by atoms with E-state index in [1.165, 1.54) is 95.5 Å². The van der Waals surface area contributed by atoms with Crippen LogP contribution >= 0.6 is 0 Å². The zero-order valence-corrected chi connectivity index (χ0v) is 39.1. The van der Waals surface area contributed by atoms with Crippen LogP contribution in [-0.4, -0.2) is 22.4 Å². The molecule has 0 spiro atoms. The van der Waals surface area contributed by atoms with E-state index in [-0.39, 0.29) is 12.2 Å². The van der Waals surface area contributed by atoms with Crippen LogP contribution in [0.3, 0.4) is 0 Å². The molecule has 2 nitrogen and oxygen atoms in total. The van der Waals surface area contributed by atoms with E-state index in [4.69, 9.17) is 0 Å². The smallest absolute Gasteiger partial charge is 0.0578 e. The minimum atomic E-state index is -0.116. The van der Waals surface area contributed by atoms with Crippen LogP contribution in [-0.2, 0) is 0 Å². The maximum absolute atomic E-state index is 10.2. The number of rotatable bonds is 9. The van der Waals surface area contributed by atoms with Crippen LogP contribution in [0.15, 0.2) is 47.1 Å². The van der Waals surface area contributed by atoms with Gasteiger partial charge in [0.1, 0.15) is 0 Å². The third-order valence-electron chi connectivity index (χ3n) is 20.3. The van der Waals surface area contributed by atoms with E-state index in [2.05, 4.69) is 107 Å². The van der Waals surface area contributed by atoms with Crippen molar-refractivity contribution in [3.63, 3.8) is 0 Å². The van der Waals surface area contributed by atoms with Gasteiger partial charge >= 0.3 is 0 Å². The van der Waals surface area contributed by atoms with Gasteiger partial charge in [0.05, 0.1) is 12.2 Å². The number of aliphatic hydroxyl groups is 2. The Kier molecular flexibility index (Phi) is 13.1. The Hall–Kier alpha value is -1.12. The average molecular weight is 783 g/mol. The number of fused-ring (bicyclic) bond motifs is 10. The Balaban J connectivity index is 0.000000174. The molecular weight excluding hydrogens is 693 g/mol. The molecule has 0 heterocycles. The van der Waals surface area contributed by atoms with Gasteiger partial charge in [-0.2, -0.15) is 0 Å². The summed E-state index contributed by atoms with van der Waals surface area (Å²) < 4.78 is 0. The first-order valence-corrected chi connectivity index (χ1v) is 25.1. The Labute approximate surface area is 352 Å². The van der Waals surface area contributed by atoms with Crippen molar-refractivity contribution in [2.45, 2.75) is 204 Å². The van der Waals surface area contributed by atoms with E-state index >= 15 is 0 Å². The molecule has 8 aliphatic rings. The van der Waals surface area contributed by atoms with Gasteiger partial charge in [0.15, 0.2) is 0 Å². The Morgan fingerprint density at radius 2 is 1.30 bits per heavy atom. The summed E-state index contributed by atoms with van der Waals surface area (Å²) in [5.41, 5.74) is 6.67. The molecule has 0 aliphatic heterocycles. The number of hydrogen-bond donors (Lipinski definition) is 2. The first kappa shape index (κ1) is 44.0. The third-order valence-corrected chi connectivity index (χ3v) is 20.3. The van der Waals surface area contributed by atoms with Gasteiger partial charge in [-0.3, -0.25) is 0 Å². The van der Waals surface area contributed by atoms with Gasteiger partial charge in [-0.15, -0.1) is 0 Å². The van der Waals surface area contributed by atoms with Crippen LogP contribution in [0.1, 0.15) is 192 Å². The number of hydrogen-bond acceptors (Lipinski definition) is 2. The number of allylic oxidation sites excluding steroid dienone is 6. The maximum Gasteiger partial charge on any atom is 0.0578 e. The van der Waals surface area contributed by atoms with Crippen molar-refractivity contribution in [3.05, 3.63) is 47.1 Å². The molecule has 0 unspecified atom stereocenters. The summed E-state index contributed by atoms with van der Waals surface area (Å²) in [6.07, 6.45) is 35.5. The minimum absolute atomic E-state index is 0.0766. The van der Waals surface area contributed by atoms with Crippen molar-refractivity contribution in [2.24, 2.45) is 92.7 Å².